The summed E-state index contributed by atoms with van der Waals surface area (Å²) in [6, 6.07) is 1.59. The fourth-order valence-electron chi connectivity index (χ4n) is 2.72. The van der Waals surface area contributed by atoms with Crippen molar-refractivity contribution in [2.75, 3.05) is 6.61 Å². The number of aryl methyl sites for hydroxylation is 2. The lowest BCUT2D eigenvalue weighted by molar-refractivity contribution is 0.164. The van der Waals surface area contributed by atoms with Crippen LogP contribution in [0.3, 0.4) is 0 Å². The summed E-state index contributed by atoms with van der Waals surface area (Å²) < 4.78 is 27.6. The molecule has 6 heteroatoms. The van der Waals surface area contributed by atoms with Crippen LogP contribution >= 0.6 is 11.3 Å². The summed E-state index contributed by atoms with van der Waals surface area (Å²) >= 11 is 1.50. The molecule has 19 heavy (non-hydrogen) atoms. The van der Waals surface area contributed by atoms with Gasteiger partial charge in [-0.2, -0.15) is 0 Å². The second-order valence-corrected chi connectivity index (χ2v) is 8.38. The van der Waals surface area contributed by atoms with Gasteiger partial charge < -0.3 is 5.11 Å². The molecule has 1 aliphatic rings. The molecular formula is C13H21NO3S2. The fourth-order valence-corrected chi connectivity index (χ4v) is 5.61. The molecule has 0 unspecified atom stereocenters. The van der Waals surface area contributed by atoms with Gasteiger partial charge in [0, 0.05) is 22.4 Å². The molecule has 0 radical (unpaired) electrons. The van der Waals surface area contributed by atoms with Crippen LogP contribution in [0.1, 0.15) is 35.4 Å². The minimum atomic E-state index is -3.46. The Morgan fingerprint density at radius 2 is 2.05 bits per heavy atom. The molecule has 0 aromatic carbocycles. The van der Waals surface area contributed by atoms with E-state index in [1.807, 2.05) is 13.8 Å². The van der Waals surface area contributed by atoms with Gasteiger partial charge in [-0.25, -0.2) is 13.1 Å². The van der Waals surface area contributed by atoms with Crippen LogP contribution in [-0.4, -0.2) is 26.2 Å². The zero-order valence-corrected chi connectivity index (χ0v) is 13.0. The Morgan fingerprint density at radius 1 is 1.37 bits per heavy atom. The monoisotopic (exact) mass is 303 g/mol. The van der Waals surface area contributed by atoms with E-state index in [0.29, 0.717) is 4.90 Å². The summed E-state index contributed by atoms with van der Waals surface area (Å²) in [5, 5.41) is 9.35. The van der Waals surface area contributed by atoms with Gasteiger partial charge in [0.1, 0.15) is 0 Å². The van der Waals surface area contributed by atoms with Crippen molar-refractivity contribution in [2.45, 2.75) is 50.5 Å². The third kappa shape index (κ3) is 3.37. The Labute approximate surface area is 118 Å². The van der Waals surface area contributed by atoms with Crippen molar-refractivity contribution in [2.24, 2.45) is 5.92 Å². The van der Waals surface area contributed by atoms with Crippen LogP contribution < -0.4 is 4.72 Å². The maximum absolute atomic E-state index is 12.4. The fraction of sp³-hybridized carbons (Fsp3) is 0.692. The maximum Gasteiger partial charge on any atom is 0.241 e. The van der Waals surface area contributed by atoms with E-state index in [1.54, 1.807) is 6.07 Å². The Kier molecular flexibility index (Phi) is 4.66. The standard InChI is InChI=1S/C13H21NO3S2/c1-9-7-13(10(2)18-9)19(16,17)14-12-6-4-3-5-11(12)8-15/h7,11-12,14-15H,3-6,8H2,1-2H3/t11-,12-/m1/s1. The highest BCUT2D eigenvalue weighted by atomic mass is 32.2. The number of hydrogen-bond acceptors (Lipinski definition) is 4. The summed E-state index contributed by atoms with van der Waals surface area (Å²) in [6.07, 6.45) is 3.79. The molecule has 108 valence electrons. The van der Waals surface area contributed by atoms with Crippen molar-refractivity contribution in [3.63, 3.8) is 0 Å². The van der Waals surface area contributed by atoms with Crippen LogP contribution in [-0.2, 0) is 10.0 Å². The van der Waals surface area contributed by atoms with Gasteiger partial charge in [0.2, 0.25) is 10.0 Å². The second kappa shape index (κ2) is 5.91. The smallest absolute Gasteiger partial charge is 0.241 e. The summed E-state index contributed by atoms with van der Waals surface area (Å²) in [4.78, 5) is 2.21. The molecule has 2 N–H and O–H groups in total. The minimum absolute atomic E-state index is 0.0450. The van der Waals surface area contributed by atoms with Crippen molar-refractivity contribution >= 4 is 21.4 Å². The highest BCUT2D eigenvalue weighted by molar-refractivity contribution is 7.89. The second-order valence-electron chi connectivity index (χ2n) is 5.23. The first-order valence-electron chi connectivity index (χ1n) is 6.64. The van der Waals surface area contributed by atoms with Crippen LogP contribution in [0.4, 0.5) is 0 Å². The maximum atomic E-state index is 12.4. The lowest BCUT2D eigenvalue weighted by Crippen LogP contribution is -2.43. The van der Waals surface area contributed by atoms with Gasteiger partial charge in [-0.15, -0.1) is 11.3 Å². The van der Waals surface area contributed by atoms with Gasteiger partial charge >= 0.3 is 0 Å². The first kappa shape index (κ1) is 15.0. The lowest BCUT2D eigenvalue weighted by atomic mass is 9.86. The van der Waals surface area contributed by atoms with Crippen LogP contribution in [0.25, 0.3) is 0 Å². The van der Waals surface area contributed by atoms with E-state index >= 15 is 0 Å². The van der Waals surface area contributed by atoms with E-state index in [1.165, 1.54) is 11.3 Å². The molecule has 1 fully saturated rings. The lowest BCUT2D eigenvalue weighted by Gasteiger charge is -2.30. The predicted octanol–water partition coefficient (Wildman–Crippen LogP) is 2.19. The molecule has 4 nitrogen and oxygen atoms in total. The van der Waals surface area contributed by atoms with Gasteiger partial charge in [-0.1, -0.05) is 12.8 Å². The molecule has 1 aromatic heterocycles. The highest BCUT2D eigenvalue weighted by Gasteiger charge is 2.30. The van der Waals surface area contributed by atoms with Crippen molar-refractivity contribution < 1.29 is 13.5 Å². The Balaban J connectivity index is 2.19. The molecular weight excluding hydrogens is 282 g/mol. The van der Waals surface area contributed by atoms with Gasteiger partial charge in [0.15, 0.2) is 0 Å². The highest BCUT2D eigenvalue weighted by Crippen LogP contribution is 2.28. The SMILES string of the molecule is Cc1cc(S(=O)(=O)N[C@@H]2CCCC[C@@H]2CO)c(C)s1. The molecule has 1 heterocycles. The van der Waals surface area contributed by atoms with E-state index in [-0.39, 0.29) is 18.6 Å². The number of sulfonamides is 1. The van der Waals surface area contributed by atoms with Crippen LogP contribution in [0.15, 0.2) is 11.0 Å². The zero-order chi connectivity index (χ0) is 14.0. The Bertz CT molecular complexity index is 536. The molecule has 0 spiro atoms. The molecule has 2 atom stereocenters. The Morgan fingerprint density at radius 3 is 2.63 bits per heavy atom. The first-order chi connectivity index (χ1) is 8.94. The topological polar surface area (TPSA) is 66.4 Å². The number of aliphatic hydroxyl groups excluding tert-OH is 1. The summed E-state index contributed by atoms with van der Waals surface area (Å²) in [5.74, 6) is 0.0450. The number of aliphatic hydroxyl groups is 1. The van der Waals surface area contributed by atoms with E-state index in [9.17, 15) is 13.5 Å². The van der Waals surface area contributed by atoms with Crippen molar-refractivity contribution in [1.29, 1.82) is 0 Å². The predicted molar refractivity (Wildman–Crippen MR) is 76.9 cm³/mol. The quantitative estimate of drug-likeness (QED) is 0.896. The number of rotatable bonds is 4. The zero-order valence-electron chi connectivity index (χ0n) is 11.3. The third-order valence-corrected chi connectivity index (χ3v) is 6.45. The third-order valence-electron chi connectivity index (χ3n) is 3.74. The summed E-state index contributed by atoms with van der Waals surface area (Å²) in [6.45, 7) is 3.79. The number of nitrogens with one attached hydrogen (secondary N) is 1. The molecule has 0 bridgehead atoms. The van der Waals surface area contributed by atoms with Crippen molar-refractivity contribution in [1.82, 2.24) is 4.72 Å². The molecule has 0 saturated heterocycles. The summed E-state index contributed by atoms with van der Waals surface area (Å²) in [5.41, 5.74) is 0. The van der Waals surface area contributed by atoms with Gasteiger partial charge in [-0.05, 0) is 38.7 Å². The van der Waals surface area contributed by atoms with Crippen molar-refractivity contribution in [3.8, 4) is 0 Å². The van der Waals surface area contributed by atoms with Crippen molar-refractivity contribution in [3.05, 3.63) is 15.8 Å². The van der Waals surface area contributed by atoms with Gasteiger partial charge in [0.05, 0.1) is 4.90 Å². The number of thiophene rings is 1. The van der Waals surface area contributed by atoms with E-state index in [4.69, 9.17) is 0 Å². The van der Waals surface area contributed by atoms with Gasteiger partial charge in [-0.3, -0.25) is 0 Å². The van der Waals surface area contributed by atoms with E-state index in [2.05, 4.69) is 4.72 Å². The average molecular weight is 303 g/mol. The van der Waals surface area contributed by atoms with E-state index < -0.39 is 10.0 Å². The number of hydrogen-bond donors (Lipinski definition) is 2. The molecule has 0 aliphatic heterocycles. The van der Waals surface area contributed by atoms with E-state index in [0.717, 1.165) is 35.4 Å². The first-order valence-corrected chi connectivity index (χ1v) is 8.94. The van der Waals surface area contributed by atoms with Crippen LogP contribution in [0.2, 0.25) is 0 Å². The molecule has 0 amide bonds. The van der Waals surface area contributed by atoms with Crippen LogP contribution in [0, 0.1) is 19.8 Å². The summed E-state index contributed by atoms with van der Waals surface area (Å²) in [7, 11) is -3.46. The molecule has 1 aromatic rings. The largest absolute Gasteiger partial charge is 0.396 e. The van der Waals surface area contributed by atoms with Crippen LogP contribution in [0.5, 0.6) is 0 Å². The average Bonchev–Trinajstić information content (AvgIpc) is 2.69. The minimum Gasteiger partial charge on any atom is -0.396 e. The molecule has 2 rings (SSSR count). The normalized spacial score (nSPS) is 24.6. The molecule has 1 saturated carbocycles. The Hall–Kier alpha value is -0.430. The van der Waals surface area contributed by atoms with Gasteiger partial charge in [0.25, 0.3) is 0 Å². The molecule has 1 aliphatic carbocycles.